The third-order valence-electron chi connectivity index (χ3n) is 5.12. The fourth-order valence-corrected chi connectivity index (χ4v) is 3.80. The Kier molecular flexibility index (Phi) is 4.77. The minimum Gasteiger partial charge on any atom is -0.369 e. The van der Waals surface area contributed by atoms with Crippen LogP contribution >= 0.6 is 0 Å². The third-order valence-corrected chi connectivity index (χ3v) is 5.12. The number of aromatic nitrogens is 1. The molecule has 7 nitrogen and oxygen atoms in total. The lowest BCUT2D eigenvalue weighted by Gasteiger charge is -2.26. The summed E-state index contributed by atoms with van der Waals surface area (Å²) >= 11 is 0. The lowest BCUT2D eigenvalue weighted by atomic mass is 10.1. The molecule has 1 fully saturated rings. The molecule has 0 aliphatic carbocycles. The van der Waals surface area contributed by atoms with E-state index in [4.69, 9.17) is 0 Å². The van der Waals surface area contributed by atoms with Gasteiger partial charge in [-0.25, -0.2) is 0 Å². The van der Waals surface area contributed by atoms with Gasteiger partial charge in [0.05, 0.1) is 27.2 Å². The summed E-state index contributed by atoms with van der Waals surface area (Å²) in [5.74, 6) is 0. The SMILES string of the molecule is N#Cc1ccccc1N1CCCN(c2ccc([N+](=O)[O-])c3cccnc23)CC1. The zero-order valence-electron chi connectivity index (χ0n) is 15.3. The van der Waals surface area contributed by atoms with Crippen LogP contribution in [0.1, 0.15) is 12.0 Å². The normalized spacial score (nSPS) is 14.5. The molecule has 3 aromatic rings. The van der Waals surface area contributed by atoms with Gasteiger partial charge in [0.1, 0.15) is 11.6 Å². The second-order valence-corrected chi connectivity index (χ2v) is 6.72. The number of non-ortho nitro benzene ring substituents is 1. The van der Waals surface area contributed by atoms with Gasteiger partial charge in [0.2, 0.25) is 0 Å². The molecule has 2 aromatic carbocycles. The molecule has 2 heterocycles. The molecule has 1 aromatic heterocycles. The van der Waals surface area contributed by atoms with Gasteiger partial charge >= 0.3 is 0 Å². The van der Waals surface area contributed by atoms with Crippen LogP contribution in [0.3, 0.4) is 0 Å². The molecule has 140 valence electrons. The first-order chi connectivity index (χ1) is 13.7. The van der Waals surface area contributed by atoms with E-state index in [1.165, 1.54) is 0 Å². The van der Waals surface area contributed by atoms with E-state index in [9.17, 15) is 15.4 Å². The Labute approximate surface area is 162 Å². The second kappa shape index (κ2) is 7.53. The van der Waals surface area contributed by atoms with E-state index in [0.29, 0.717) is 16.5 Å². The molecule has 4 rings (SSSR count). The van der Waals surface area contributed by atoms with Gasteiger partial charge in [-0.05, 0) is 36.8 Å². The standard InChI is InChI=1S/C21H19N5O2/c22-15-16-5-1-2-7-18(16)24-11-4-12-25(14-13-24)20-9-8-19(26(27)28)17-6-3-10-23-21(17)20/h1-3,5-10H,4,11-14H2. The summed E-state index contributed by atoms with van der Waals surface area (Å²) in [5.41, 5.74) is 3.28. The molecule has 0 radical (unpaired) electrons. The number of rotatable bonds is 3. The summed E-state index contributed by atoms with van der Waals surface area (Å²) in [7, 11) is 0. The molecule has 0 saturated carbocycles. The van der Waals surface area contributed by atoms with Crippen molar-refractivity contribution in [2.75, 3.05) is 36.0 Å². The predicted molar refractivity (Wildman–Crippen MR) is 109 cm³/mol. The number of benzene rings is 2. The Morgan fingerprint density at radius 3 is 2.46 bits per heavy atom. The molecule has 0 N–H and O–H groups in total. The van der Waals surface area contributed by atoms with Crippen molar-refractivity contribution in [3.63, 3.8) is 0 Å². The monoisotopic (exact) mass is 373 g/mol. The van der Waals surface area contributed by atoms with Gasteiger partial charge in [0.15, 0.2) is 0 Å². The quantitative estimate of drug-likeness (QED) is 0.514. The number of pyridine rings is 1. The van der Waals surface area contributed by atoms with Gasteiger partial charge in [-0.3, -0.25) is 15.1 Å². The van der Waals surface area contributed by atoms with Crippen molar-refractivity contribution in [1.82, 2.24) is 4.98 Å². The first-order valence-electron chi connectivity index (χ1n) is 9.20. The average molecular weight is 373 g/mol. The second-order valence-electron chi connectivity index (χ2n) is 6.72. The molecule has 0 atom stereocenters. The summed E-state index contributed by atoms with van der Waals surface area (Å²) in [6.45, 7) is 3.20. The lowest BCUT2D eigenvalue weighted by molar-refractivity contribution is -0.383. The highest BCUT2D eigenvalue weighted by Gasteiger charge is 2.22. The number of nitro groups is 1. The van der Waals surface area contributed by atoms with E-state index in [1.807, 2.05) is 24.3 Å². The highest BCUT2D eigenvalue weighted by Crippen LogP contribution is 2.33. The maximum absolute atomic E-state index is 11.3. The van der Waals surface area contributed by atoms with Crippen LogP contribution in [0, 0.1) is 21.4 Å². The predicted octanol–water partition coefficient (Wildman–Crippen LogP) is 3.73. The van der Waals surface area contributed by atoms with E-state index in [1.54, 1.807) is 30.5 Å². The van der Waals surface area contributed by atoms with Gasteiger partial charge in [0.25, 0.3) is 5.69 Å². The lowest BCUT2D eigenvalue weighted by Crippen LogP contribution is -2.31. The zero-order valence-corrected chi connectivity index (χ0v) is 15.3. The summed E-state index contributed by atoms with van der Waals surface area (Å²) in [6.07, 6.45) is 2.59. The summed E-state index contributed by atoms with van der Waals surface area (Å²) in [5, 5.41) is 21.3. The van der Waals surface area contributed by atoms with Crippen LogP contribution in [0.15, 0.2) is 54.7 Å². The molecule has 7 heteroatoms. The summed E-state index contributed by atoms with van der Waals surface area (Å²) in [4.78, 5) is 19.9. The van der Waals surface area contributed by atoms with Gasteiger partial charge in [-0.1, -0.05) is 12.1 Å². The summed E-state index contributed by atoms with van der Waals surface area (Å²) in [6, 6.07) is 16.7. The van der Waals surface area contributed by atoms with Crippen LogP contribution in [-0.2, 0) is 0 Å². The Bertz CT molecular complexity index is 1080. The van der Waals surface area contributed by atoms with E-state index in [-0.39, 0.29) is 10.6 Å². The highest BCUT2D eigenvalue weighted by atomic mass is 16.6. The number of nitro benzene ring substituents is 1. The van der Waals surface area contributed by atoms with Crippen LogP contribution in [-0.4, -0.2) is 36.1 Å². The third kappa shape index (κ3) is 3.21. The van der Waals surface area contributed by atoms with E-state index in [2.05, 4.69) is 20.9 Å². The van der Waals surface area contributed by atoms with E-state index < -0.39 is 0 Å². The molecule has 0 bridgehead atoms. The zero-order chi connectivity index (χ0) is 19.5. The molecular weight excluding hydrogens is 354 g/mol. The molecular formula is C21H19N5O2. The van der Waals surface area contributed by atoms with Gasteiger partial charge in [-0.2, -0.15) is 5.26 Å². The highest BCUT2D eigenvalue weighted by molar-refractivity contribution is 5.97. The molecule has 1 saturated heterocycles. The van der Waals surface area contributed by atoms with Crippen LogP contribution in [0.2, 0.25) is 0 Å². The number of anilines is 2. The van der Waals surface area contributed by atoms with Crippen molar-refractivity contribution in [1.29, 1.82) is 5.26 Å². The van der Waals surface area contributed by atoms with Gasteiger partial charge in [-0.15, -0.1) is 0 Å². The minimum atomic E-state index is -0.364. The first kappa shape index (κ1) is 17.7. The van der Waals surface area contributed by atoms with Crippen molar-refractivity contribution >= 4 is 28.0 Å². The van der Waals surface area contributed by atoms with Gasteiger partial charge < -0.3 is 9.80 Å². The number of hydrogen-bond donors (Lipinski definition) is 0. The number of nitrogens with zero attached hydrogens (tertiary/aromatic N) is 5. The van der Waals surface area contributed by atoms with Gasteiger partial charge in [0, 0.05) is 38.4 Å². The Hall–Kier alpha value is -3.66. The molecule has 0 unspecified atom stereocenters. The van der Waals surface area contributed by atoms with Crippen molar-refractivity contribution in [2.24, 2.45) is 0 Å². The molecule has 0 amide bonds. The summed E-state index contributed by atoms with van der Waals surface area (Å²) < 4.78 is 0. The van der Waals surface area contributed by atoms with Crippen molar-refractivity contribution in [3.8, 4) is 6.07 Å². The number of nitriles is 1. The maximum atomic E-state index is 11.3. The van der Waals surface area contributed by atoms with Crippen molar-refractivity contribution in [3.05, 3.63) is 70.4 Å². The topological polar surface area (TPSA) is 86.3 Å². The first-order valence-corrected chi connectivity index (χ1v) is 9.20. The van der Waals surface area contributed by atoms with Crippen molar-refractivity contribution < 1.29 is 4.92 Å². The van der Waals surface area contributed by atoms with Crippen LogP contribution in [0.5, 0.6) is 0 Å². The van der Waals surface area contributed by atoms with Crippen LogP contribution < -0.4 is 9.80 Å². The molecule has 0 spiro atoms. The van der Waals surface area contributed by atoms with Crippen LogP contribution in [0.4, 0.5) is 17.1 Å². The van der Waals surface area contributed by atoms with E-state index in [0.717, 1.165) is 44.0 Å². The largest absolute Gasteiger partial charge is 0.369 e. The average Bonchev–Trinajstić information content (AvgIpc) is 2.99. The molecule has 28 heavy (non-hydrogen) atoms. The number of para-hydroxylation sites is 1. The fourth-order valence-electron chi connectivity index (χ4n) is 3.80. The number of hydrogen-bond acceptors (Lipinski definition) is 6. The Balaban J connectivity index is 1.65. The Morgan fingerprint density at radius 2 is 1.71 bits per heavy atom. The van der Waals surface area contributed by atoms with E-state index >= 15 is 0 Å². The molecule has 1 aliphatic rings. The maximum Gasteiger partial charge on any atom is 0.278 e. The smallest absolute Gasteiger partial charge is 0.278 e. The fraction of sp³-hybridized carbons (Fsp3) is 0.238. The van der Waals surface area contributed by atoms with Crippen LogP contribution in [0.25, 0.3) is 10.9 Å². The molecule has 1 aliphatic heterocycles. The Morgan fingerprint density at radius 1 is 0.964 bits per heavy atom. The minimum absolute atomic E-state index is 0.0752. The van der Waals surface area contributed by atoms with Crippen molar-refractivity contribution in [2.45, 2.75) is 6.42 Å². The number of fused-ring (bicyclic) bond motifs is 1.